The van der Waals surface area contributed by atoms with Crippen molar-refractivity contribution in [1.29, 1.82) is 0 Å². The van der Waals surface area contributed by atoms with Crippen LogP contribution in [0.3, 0.4) is 0 Å². The molecule has 0 aliphatic carbocycles. The summed E-state index contributed by atoms with van der Waals surface area (Å²) >= 11 is 1.61. The van der Waals surface area contributed by atoms with E-state index < -0.39 is 5.97 Å². The molecule has 8 heteroatoms. The van der Waals surface area contributed by atoms with Gasteiger partial charge in [-0.25, -0.2) is 9.78 Å². The minimum Gasteiger partial charge on any atom is -0.497 e. The number of esters is 1. The van der Waals surface area contributed by atoms with Crippen LogP contribution in [0, 0.1) is 6.92 Å². The molecule has 0 unspecified atom stereocenters. The van der Waals surface area contributed by atoms with Crippen molar-refractivity contribution in [2.75, 3.05) is 32.3 Å². The number of thiazole rings is 1. The van der Waals surface area contributed by atoms with E-state index in [9.17, 15) is 9.59 Å². The van der Waals surface area contributed by atoms with E-state index in [0.717, 1.165) is 33.9 Å². The molecule has 0 saturated heterocycles. The van der Waals surface area contributed by atoms with Crippen molar-refractivity contribution in [2.24, 2.45) is 0 Å². The summed E-state index contributed by atoms with van der Waals surface area (Å²) in [5.41, 5.74) is 4.58. The van der Waals surface area contributed by atoms with Gasteiger partial charge in [0.05, 0.1) is 24.9 Å². The molecule has 0 fully saturated rings. The minimum atomic E-state index is -0.609. The first-order chi connectivity index (χ1) is 16.0. The lowest BCUT2D eigenvalue weighted by molar-refractivity contribution is -0.142. The summed E-state index contributed by atoms with van der Waals surface area (Å²) < 4.78 is 15.7. The number of rotatable bonds is 7. The minimum absolute atomic E-state index is 0.258. The number of benzene rings is 2. The fraction of sp³-hybridized carbons (Fsp3) is 0.240. The molecule has 2 heterocycles. The number of fused-ring (bicyclic) bond motifs is 1. The highest BCUT2D eigenvalue weighted by Gasteiger charge is 2.25. The molecule has 1 amide bonds. The van der Waals surface area contributed by atoms with E-state index in [1.807, 2.05) is 24.4 Å². The second-order valence-electron chi connectivity index (χ2n) is 7.44. The second kappa shape index (κ2) is 9.87. The first kappa shape index (κ1) is 22.5. The maximum absolute atomic E-state index is 12.7. The summed E-state index contributed by atoms with van der Waals surface area (Å²) in [6.07, 6.45) is 3.59. The Hall–Kier alpha value is -3.65. The van der Waals surface area contributed by atoms with Gasteiger partial charge in [-0.05, 0) is 55.3 Å². The molecule has 0 N–H and O–H groups in total. The maximum Gasteiger partial charge on any atom is 0.331 e. The Morgan fingerprint density at radius 1 is 1.15 bits per heavy atom. The van der Waals surface area contributed by atoms with Crippen molar-refractivity contribution < 1.29 is 23.8 Å². The van der Waals surface area contributed by atoms with Crippen molar-refractivity contribution in [1.82, 2.24) is 4.98 Å². The highest BCUT2D eigenvalue weighted by atomic mass is 32.1. The third-order valence-electron chi connectivity index (χ3n) is 5.36. The largest absolute Gasteiger partial charge is 0.497 e. The van der Waals surface area contributed by atoms with E-state index in [4.69, 9.17) is 14.2 Å². The van der Waals surface area contributed by atoms with Crippen molar-refractivity contribution in [3.05, 3.63) is 64.0 Å². The summed E-state index contributed by atoms with van der Waals surface area (Å²) in [5, 5.41) is 3.05. The van der Waals surface area contributed by atoms with Crippen molar-refractivity contribution >= 4 is 35.0 Å². The lowest BCUT2D eigenvalue weighted by Crippen LogP contribution is -2.33. The Bertz CT molecular complexity index is 1220. The fourth-order valence-corrected chi connectivity index (χ4v) is 4.32. The first-order valence-electron chi connectivity index (χ1n) is 10.4. The lowest BCUT2D eigenvalue weighted by atomic mass is 10.1. The van der Waals surface area contributed by atoms with E-state index >= 15 is 0 Å². The van der Waals surface area contributed by atoms with Crippen LogP contribution >= 0.6 is 11.3 Å². The third-order valence-corrected chi connectivity index (χ3v) is 6.14. The molecule has 0 radical (unpaired) electrons. The molecule has 1 aliphatic heterocycles. The van der Waals surface area contributed by atoms with Crippen molar-refractivity contribution in [3.8, 4) is 22.8 Å². The fourth-order valence-electron chi connectivity index (χ4n) is 3.70. The van der Waals surface area contributed by atoms with Crippen LogP contribution in [-0.2, 0) is 20.7 Å². The van der Waals surface area contributed by atoms with Crippen LogP contribution in [0.5, 0.6) is 11.5 Å². The van der Waals surface area contributed by atoms with Crippen LogP contribution in [0.2, 0.25) is 0 Å². The Kier molecular flexibility index (Phi) is 6.74. The second-order valence-corrected chi connectivity index (χ2v) is 8.50. The maximum atomic E-state index is 12.7. The molecule has 0 bridgehead atoms. The van der Waals surface area contributed by atoms with Gasteiger partial charge in [0.1, 0.15) is 11.5 Å². The number of nitrogens with zero attached hydrogens (tertiary/aromatic N) is 2. The van der Waals surface area contributed by atoms with E-state index in [1.165, 1.54) is 6.08 Å². The van der Waals surface area contributed by atoms with Crippen LogP contribution < -0.4 is 14.4 Å². The van der Waals surface area contributed by atoms with Crippen LogP contribution in [-0.4, -0.2) is 44.2 Å². The first-order valence-corrected chi connectivity index (χ1v) is 11.3. The number of aryl methyl sites for hydroxylation is 1. The van der Waals surface area contributed by atoms with E-state index in [2.05, 4.69) is 11.1 Å². The van der Waals surface area contributed by atoms with E-state index in [0.29, 0.717) is 23.6 Å². The molecule has 2 aromatic carbocycles. The zero-order valence-corrected chi connectivity index (χ0v) is 19.5. The van der Waals surface area contributed by atoms with Gasteiger partial charge in [-0.3, -0.25) is 4.79 Å². The Morgan fingerprint density at radius 2 is 2.00 bits per heavy atom. The van der Waals surface area contributed by atoms with Gasteiger partial charge in [-0.1, -0.05) is 6.07 Å². The molecule has 1 aromatic heterocycles. The van der Waals surface area contributed by atoms with Crippen LogP contribution in [0.4, 0.5) is 5.69 Å². The molecule has 170 valence electrons. The molecule has 33 heavy (non-hydrogen) atoms. The molecule has 0 saturated carbocycles. The van der Waals surface area contributed by atoms with Gasteiger partial charge in [0.15, 0.2) is 6.61 Å². The highest BCUT2D eigenvalue weighted by molar-refractivity contribution is 7.09. The monoisotopic (exact) mass is 464 g/mol. The normalized spacial score (nSPS) is 12.6. The zero-order valence-electron chi connectivity index (χ0n) is 18.7. The number of methoxy groups -OCH3 is 2. The summed E-state index contributed by atoms with van der Waals surface area (Å²) in [7, 11) is 3.11. The Labute approximate surface area is 196 Å². The van der Waals surface area contributed by atoms with Gasteiger partial charge >= 0.3 is 5.97 Å². The number of hydrogen-bond acceptors (Lipinski definition) is 7. The number of carbonyl (C=O) groups is 2. The number of anilines is 1. The third kappa shape index (κ3) is 5.06. The summed E-state index contributed by atoms with van der Waals surface area (Å²) in [6.45, 7) is 2.21. The molecule has 3 aromatic rings. The number of ether oxygens (including phenoxy) is 3. The average molecular weight is 465 g/mol. The summed E-state index contributed by atoms with van der Waals surface area (Å²) in [5.74, 6) is 0.366. The van der Waals surface area contributed by atoms with Gasteiger partial charge < -0.3 is 19.1 Å². The Morgan fingerprint density at radius 3 is 2.73 bits per heavy atom. The molecule has 0 spiro atoms. The molecule has 7 nitrogen and oxygen atoms in total. The number of aromatic nitrogens is 1. The molecule has 4 rings (SSSR count). The van der Waals surface area contributed by atoms with Gasteiger partial charge in [-0.15, -0.1) is 11.3 Å². The summed E-state index contributed by atoms with van der Waals surface area (Å²) in [6, 6.07) is 11.2. The van der Waals surface area contributed by atoms with E-state index in [1.54, 1.807) is 54.7 Å². The predicted molar refractivity (Wildman–Crippen MR) is 128 cm³/mol. The van der Waals surface area contributed by atoms with Gasteiger partial charge in [0, 0.05) is 34.8 Å². The van der Waals surface area contributed by atoms with Gasteiger partial charge in [0.25, 0.3) is 5.91 Å². The van der Waals surface area contributed by atoms with Gasteiger partial charge in [-0.2, -0.15) is 0 Å². The van der Waals surface area contributed by atoms with Crippen LogP contribution in [0.1, 0.15) is 16.1 Å². The molecular weight excluding hydrogens is 440 g/mol. The van der Waals surface area contributed by atoms with Crippen molar-refractivity contribution in [2.45, 2.75) is 13.3 Å². The standard InChI is InChI=1S/C25H24N2O5S/c1-16-26-21(15-33-16)17-4-7-22-18(12-17)10-11-27(22)24(28)14-32-25(29)9-5-19-13-20(30-2)6-8-23(19)31-3/h4-9,12-13,15H,10-11,14H2,1-3H3/b9-5+. The topological polar surface area (TPSA) is 78.0 Å². The van der Waals surface area contributed by atoms with Gasteiger partial charge in [0.2, 0.25) is 0 Å². The lowest BCUT2D eigenvalue weighted by Gasteiger charge is -2.17. The molecular formula is C25H24N2O5S. The summed E-state index contributed by atoms with van der Waals surface area (Å²) in [4.78, 5) is 31.1. The zero-order chi connectivity index (χ0) is 23.4. The molecule has 1 aliphatic rings. The quantitative estimate of drug-likeness (QED) is 0.384. The average Bonchev–Trinajstić information content (AvgIpc) is 3.46. The Balaban J connectivity index is 1.37. The van der Waals surface area contributed by atoms with E-state index in [-0.39, 0.29) is 12.5 Å². The predicted octanol–water partition coefficient (Wildman–Crippen LogP) is 4.28. The number of carbonyl (C=O) groups excluding carboxylic acids is 2. The van der Waals surface area contributed by atoms with Crippen LogP contribution in [0.25, 0.3) is 17.3 Å². The SMILES string of the molecule is COc1ccc(OC)c(/C=C/C(=O)OCC(=O)N2CCc3cc(-c4csc(C)n4)ccc32)c1. The molecule has 0 atom stereocenters. The number of amides is 1. The smallest absolute Gasteiger partial charge is 0.331 e. The number of hydrogen-bond donors (Lipinski definition) is 0. The van der Waals surface area contributed by atoms with Crippen LogP contribution in [0.15, 0.2) is 47.9 Å². The van der Waals surface area contributed by atoms with Crippen molar-refractivity contribution in [3.63, 3.8) is 0 Å². The highest BCUT2D eigenvalue weighted by Crippen LogP contribution is 2.33.